The molecule has 378 valence electrons. The van der Waals surface area contributed by atoms with Crippen LogP contribution in [0.25, 0.3) is 54.7 Å². The third kappa shape index (κ3) is 9.50. The number of carbonyl (C=O) groups excluding carboxylic acids is 2. The first-order valence-corrected chi connectivity index (χ1v) is 27.5. The van der Waals surface area contributed by atoms with Crippen molar-refractivity contribution in [1.82, 2.24) is 19.4 Å². The number of nitrogens with zero attached hydrogens (tertiary/aromatic N) is 3. The van der Waals surface area contributed by atoms with E-state index in [0.29, 0.717) is 57.4 Å². The van der Waals surface area contributed by atoms with Gasteiger partial charge in [-0.15, -0.1) is 23.5 Å². The lowest BCUT2D eigenvalue weighted by molar-refractivity contribution is 0.0524. The maximum absolute atomic E-state index is 13.9. The van der Waals surface area contributed by atoms with Crippen LogP contribution in [0.2, 0.25) is 0 Å². The van der Waals surface area contributed by atoms with Crippen LogP contribution in [0.4, 0.5) is 0 Å². The molecule has 10 aromatic rings. The molecule has 1 amide bonds. The van der Waals surface area contributed by atoms with Crippen LogP contribution >= 0.6 is 23.5 Å². The highest BCUT2D eigenvalue weighted by Gasteiger charge is 2.28. The molecule has 76 heavy (non-hydrogen) atoms. The molecular weight excluding hydrogens is 989 g/mol. The molecule has 8 aromatic carbocycles. The average Bonchev–Trinajstić information content (AvgIpc) is 3.99. The highest BCUT2D eigenvalue weighted by Crippen LogP contribution is 2.45. The summed E-state index contributed by atoms with van der Waals surface area (Å²) in [6.07, 6.45) is 6.48. The van der Waals surface area contributed by atoms with Crippen molar-refractivity contribution >= 4 is 78.8 Å². The Morgan fingerprint density at radius 3 is 1.57 bits per heavy atom. The van der Waals surface area contributed by atoms with Crippen molar-refractivity contribution in [2.75, 3.05) is 26.7 Å². The van der Waals surface area contributed by atoms with Crippen LogP contribution in [-0.2, 0) is 16.2 Å². The Morgan fingerprint density at radius 1 is 0.605 bits per heavy atom. The van der Waals surface area contributed by atoms with Crippen LogP contribution in [0.15, 0.2) is 189 Å². The average molecular weight is 1040 g/mol. The zero-order valence-corrected chi connectivity index (χ0v) is 43.5. The van der Waals surface area contributed by atoms with Gasteiger partial charge in [-0.05, 0) is 121 Å². The smallest absolute Gasteiger partial charge is 0.343 e. The number of amides is 1. The van der Waals surface area contributed by atoms with Crippen LogP contribution in [0.5, 0.6) is 23.0 Å². The molecule has 13 rings (SSSR count). The van der Waals surface area contributed by atoms with Gasteiger partial charge in [0.15, 0.2) is 23.0 Å². The van der Waals surface area contributed by atoms with Gasteiger partial charge in [-0.2, -0.15) is 0 Å². The van der Waals surface area contributed by atoms with Crippen LogP contribution in [-0.4, -0.2) is 58.7 Å². The molecule has 3 aliphatic rings. The molecule has 1 saturated heterocycles. The van der Waals surface area contributed by atoms with E-state index in [2.05, 4.69) is 59.7 Å². The normalized spacial score (nSPS) is 14.1. The van der Waals surface area contributed by atoms with E-state index in [1.54, 1.807) is 42.8 Å². The van der Waals surface area contributed by atoms with Crippen LogP contribution < -0.4 is 25.6 Å². The van der Waals surface area contributed by atoms with E-state index in [1.165, 1.54) is 17.5 Å². The van der Waals surface area contributed by atoms with Crippen molar-refractivity contribution < 1.29 is 23.8 Å². The quantitative estimate of drug-likeness (QED) is 0.0935. The molecule has 2 aromatic heterocycles. The summed E-state index contributed by atoms with van der Waals surface area (Å²) in [5, 5.41) is 8.17. The first-order valence-electron chi connectivity index (χ1n) is 25.6. The van der Waals surface area contributed by atoms with Crippen LogP contribution in [0.1, 0.15) is 58.0 Å². The molecular formula is C63H52N4O7S2. The van der Waals surface area contributed by atoms with Gasteiger partial charge in [0.25, 0.3) is 5.91 Å². The van der Waals surface area contributed by atoms with Crippen molar-refractivity contribution in [1.29, 1.82) is 0 Å². The molecule has 1 unspecified atom stereocenters. The summed E-state index contributed by atoms with van der Waals surface area (Å²) in [4.78, 5) is 57.7. The monoisotopic (exact) mass is 1040 g/mol. The van der Waals surface area contributed by atoms with E-state index in [4.69, 9.17) is 14.2 Å². The fourth-order valence-electron chi connectivity index (χ4n) is 10.5. The molecule has 1 atom stereocenters. The van der Waals surface area contributed by atoms with Gasteiger partial charge in [0.2, 0.25) is 10.9 Å². The molecule has 0 aliphatic carbocycles. The number of ether oxygens (including phenoxy) is 3. The molecule has 0 radical (unpaired) electrons. The predicted molar refractivity (Wildman–Crippen MR) is 305 cm³/mol. The van der Waals surface area contributed by atoms with Gasteiger partial charge in [0.1, 0.15) is 22.2 Å². The molecule has 13 heteroatoms. The number of nitrogens with one attached hydrogen (secondary N) is 1. The highest BCUT2D eigenvalue weighted by molar-refractivity contribution is 7.98. The Hall–Kier alpha value is -8.10. The van der Waals surface area contributed by atoms with E-state index in [9.17, 15) is 19.2 Å². The van der Waals surface area contributed by atoms with Crippen molar-refractivity contribution in [2.24, 2.45) is 0 Å². The second-order valence-corrected chi connectivity index (χ2v) is 21.3. The predicted octanol–water partition coefficient (Wildman–Crippen LogP) is 13.5. The minimum absolute atomic E-state index is 0.0107. The standard InChI is InChI=1S/C34H31N3O3S.C29H21NO4S/c1-36-15-7-12-25(36)13-14-35-34(39)28-20-37-29-16-23-10-5-6-11-24(23)17-30(29)40-31-19-26(18-27(32(31)37)33(28)38)41-21-22-8-3-2-4-9-22;1-2-33-29(32)23-16-30-24-12-19-10-6-7-11-20(19)13-25(24)34-26-15-21(14-22(27(26)30)28(23)31)35-17-18-8-4-3-5-9-18/h2-6,8-11,16-20,25H,7,12-15,21H2,1H3,(H,35,39);3-16H,2,17H2,1H3. The number of benzene rings is 8. The van der Waals surface area contributed by atoms with Crippen molar-refractivity contribution in [3.05, 3.63) is 213 Å². The van der Waals surface area contributed by atoms with Crippen LogP contribution in [0, 0.1) is 0 Å². The van der Waals surface area contributed by atoms with E-state index in [1.807, 2.05) is 124 Å². The SMILES string of the molecule is CCOC(=O)c1cn2c3c(cc(SCc4ccccc4)cc3c1=O)Oc1cc3ccccc3cc1-2.CN1CCCC1CCNC(=O)c1cn2c3c(cc(SCc4ccccc4)cc3c1=O)Oc1cc3ccccc3cc1-2. The number of thioether (sulfide) groups is 2. The molecule has 1 N–H and O–H groups in total. The lowest BCUT2D eigenvalue weighted by Crippen LogP contribution is -2.34. The minimum atomic E-state index is -0.624. The van der Waals surface area contributed by atoms with E-state index < -0.39 is 5.97 Å². The molecule has 0 bridgehead atoms. The fourth-order valence-corrected chi connectivity index (χ4v) is 12.3. The number of rotatable bonds is 12. The van der Waals surface area contributed by atoms with Crippen LogP contribution in [0.3, 0.4) is 0 Å². The van der Waals surface area contributed by atoms with Gasteiger partial charge in [0, 0.05) is 46.3 Å². The van der Waals surface area contributed by atoms with E-state index in [-0.39, 0.29) is 34.5 Å². The molecule has 0 saturated carbocycles. The number of fused-ring (bicyclic) bond motifs is 6. The third-order valence-electron chi connectivity index (χ3n) is 14.4. The number of aromatic nitrogens is 2. The maximum Gasteiger partial charge on any atom is 0.343 e. The van der Waals surface area contributed by atoms with E-state index >= 15 is 0 Å². The molecule has 5 heterocycles. The molecule has 0 spiro atoms. The Morgan fingerprint density at radius 2 is 1.08 bits per heavy atom. The number of hydrogen-bond donors (Lipinski definition) is 1. The summed E-state index contributed by atoms with van der Waals surface area (Å²) in [6.45, 7) is 3.55. The van der Waals surface area contributed by atoms with Crippen molar-refractivity contribution in [3.63, 3.8) is 0 Å². The molecule has 3 aliphatic heterocycles. The van der Waals surface area contributed by atoms with Gasteiger partial charge in [0.05, 0.1) is 28.8 Å². The van der Waals surface area contributed by atoms with E-state index in [0.717, 1.165) is 73.6 Å². The maximum atomic E-state index is 13.9. The zero-order chi connectivity index (χ0) is 51.9. The van der Waals surface area contributed by atoms with Gasteiger partial charge >= 0.3 is 5.97 Å². The van der Waals surface area contributed by atoms with Gasteiger partial charge in [-0.1, -0.05) is 109 Å². The Labute approximate surface area is 447 Å². The fraction of sp³-hybridized carbons (Fsp3) is 0.175. The first-order chi connectivity index (χ1) is 37.2. The topological polar surface area (TPSA) is 121 Å². The van der Waals surface area contributed by atoms with Gasteiger partial charge in [-0.3, -0.25) is 14.4 Å². The Kier molecular flexibility index (Phi) is 13.4. The summed E-state index contributed by atoms with van der Waals surface area (Å²) in [5.41, 5.74) is 4.83. The number of hydrogen-bond acceptors (Lipinski definition) is 10. The highest BCUT2D eigenvalue weighted by atomic mass is 32.2. The Bertz CT molecular complexity index is 4050. The number of carbonyl (C=O) groups is 2. The third-order valence-corrected chi connectivity index (χ3v) is 16.5. The first kappa shape index (κ1) is 48.8. The van der Waals surface area contributed by atoms with Crippen molar-refractivity contribution in [2.45, 2.75) is 53.5 Å². The summed E-state index contributed by atoms with van der Waals surface area (Å²) in [6, 6.07) is 52.8. The lowest BCUT2D eigenvalue weighted by Gasteiger charge is -2.25. The summed E-state index contributed by atoms with van der Waals surface area (Å²) < 4.78 is 21.9. The zero-order valence-electron chi connectivity index (χ0n) is 41.9. The second-order valence-electron chi connectivity index (χ2n) is 19.2. The summed E-state index contributed by atoms with van der Waals surface area (Å²) >= 11 is 3.27. The second kappa shape index (κ2) is 20.9. The number of esters is 1. The number of pyridine rings is 2. The van der Waals surface area contributed by atoms with Crippen molar-refractivity contribution in [3.8, 4) is 34.4 Å². The lowest BCUT2D eigenvalue weighted by atomic mass is 10.0. The molecule has 1 fully saturated rings. The molecule has 11 nitrogen and oxygen atoms in total. The largest absolute Gasteiger partial charge is 0.462 e. The van der Waals surface area contributed by atoms with Gasteiger partial charge < -0.3 is 33.6 Å². The summed E-state index contributed by atoms with van der Waals surface area (Å²) in [5.74, 6) is 3.13. The minimum Gasteiger partial charge on any atom is -0.462 e. The summed E-state index contributed by atoms with van der Waals surface area (Å²) in [7, 11) is 2.13. The Balaban J connectivity index is 0.000000155. The number of likely N-dealkylation sites (tertiary alicyclic amines) is 1. The van der Waals surface area contributed by atoms with Gasteiger partial charge in [-0.25, -0.2) is 4.79 Å².